The van der Waals surface area contributed by atoms with Gasteiger partial charge in [-0.15, -0.1) is 11.3 Å². The molecule has 174 valence electrons. The van der Waals surface area contributed by atoms with Crippen molar-refractivity contribution in [3.8, 4) is 0 Å². The molecule has 4 aromatic rings. The van der Waals surface area contributed by atoms with Gasteiger partial charge in [-0.2, -0.15) is 9.61 Å². The highest BCUT2D eigenvalue weighted by Crippen LogP contribution is 2.34. The van der Waals surface area contributed by atoms with Gasteiger partial charge in [0.15, 0.2) is 0 Å². The van der Waals surface area contributed by atoms with Gasteiger partial charge in [-0.3, -0.25) is 9.59 Å². The number of carbonyl (C=O) groups is 2. The number of rotatable bonds is 6. The molecular weight excluding hydrogens is 472 g/mol. The zero-order valence-electron chi connectivity index (χ0n) is 18.2. The molecular formula is C24H22N4O4S2. The summed E-state index contributed by atoms with van der Waals surface area (Å²) < 4.78 is 6.73. The molecule has 0 radical (unpaired) electrons. The third-order valence-electron chi connectivity index (χ3n) is 5.72. The van der Waals surface area contributed by atoms with Crippen LogP contribution < -0.4 is 10.9 Å². The van der Waals surface area contributed by atoms with Crippen LogP contribution >= 0.6 is 22.7 Å². The molecule has 1 fully saturated rings. The van der Waals surface area contributed by atoms with Crippen LogP contribution in [0.25, 0.3) is 4.96 Å². The summed E-state index contributed by atoms with van der Waals surface area (Å²) >= 11 is 2.77. The first-order valence-electron chi connectivity index (χ1n) is 11.1. The van der Waals surface area contributed by atoms with E-state index in [1.54, 1.807) is 36.4 Å². The molecule has 0 atom stereocenters. The molecule has 0 bridgehead atoms. The number of ether oxygens (including phenoxy) is 1. The third kappa shape index (κ3) is 4.92. The second kappa shape index (κ2) is 9.86. The first-order valence-corrected chi connectivity index (χ1v) is 12.8. The number of aromatic nitrogens is 3. The SMILES string of the molecule is O=C(OCc1cc(=O)n2nc(C3CCCCC3)sc2n1)c1cccc(NC(=O)c2cccs2)c1. The predicted octanol–water partition coefficient (Wildman–Crippen LogP) is 4.87. The molecule has 8 nitrogen and oxygen atoms in total. The summed E-state index contributed by atoms with van der Waals surface area (Å²) in [5, 5.41) is 10.0. The lowest BCUT2D eigenvalue weighted by atomic mass is 9.90. The van der Waals surface area contributed by atoms with E-state index in [0.29, 0.717) is 32.7 Å². The van der Waals surface area contributed by atoms with Gasteiger partial charge in [-0.05, 0) is 42.5 Å². The molecule has 1 aliphatic carbocycles. The van der Waals surface area contributed by atoms with Crippen LogP contribution in [0.15, 0.2) is 52.6 Å². The quantitative estimate of drug-likeness (QED) is 0.384. The average molecular weight is 495 g/mol. The highest BCUT2D eigenvalue weighted by atomic mass is 32.1. The van der Waals surface area contributed by atoms with Crippen molar-refractivity contribution in [2.24, 2.45) is 0 Å². The van der Waals surface area contributed by atoms with E-state index in [0.717, 1.165) is 17.8 Å². The average Bonchev–Trinajstić information content (AvgIpc) is 3.54. The Hall–Kier alpha value is -3.37. The van der Waals surface area contributed by atoms with E-state index in [1.165, 1.54) is 52.5 Å². The van der Waals surface area contributed by atoms with Crippen LogP contribution in [0, 0.1) is 0 Å². The van der Waals surface area contributed by atoms with Gasteiger partial charge in [0.2, 0.25) is 4.96 Å². The monoisotopic (exact) mass is 494 g/mol. The maximum absolute atomic E-state index is 12.6. The summed E-state index contributed by atoms with van der Waals surface area (Å²) in [5.41, 5.74) is 0.872. The molecule has 0 aliphatic heterocycles. The fraction of sp³-hybridized carbons (Fsp3) is 0.292. The van der Waals surface area contributed by atoms with Gasteiger partial charge in [-0.25, -0.2) is 9.78 Å². The molecule has 1 saturated carbocycles. The van der Waals surface area contributed by atoms with Crippen LogP contribution in [0.2, 0.25) is 0 Å². The zero-order valence-corrected chi connectivity index (χ0v) is 19.9. The van der Waals surface area contributed by atoms with Gasteiger partial charge >= 0.3 is 5.97 Å². The number of fused-ring (bicyclic) bond motifs is 1. The van der Waals surface area contributed by atoms with Crippen LogP contribution in [0.3, 0.4) is 0 Å². The van der Waals surface area contributed by atoms with Crippen molar-refractivity contribution in [3.63, 3.8) is 0 Å². The maximum atomic E-state index is 12.6. The molecule has 34 heavy (non-hydrogen) atoms. The molecule has 0 saturated heterocycles. The van der Waals surface area contributed by atoms with E-state index >= 15 is 0 Å². The Morgan fingerprint density at radius 1 is 1.12 bits per heavy atom. The number of esters is 1. The van der Waals surface area contributed by atoms with Crippen molar-refractivity contribution in [1.29, 1.82) is 0 Å². The zero-order chi connectivity index (χ0) is 23.5. The van der Waals surface area contributed by atoms with Crippen molar-refractivity contribution in [1.82, 2.24) is 14.6 Å². The minimum absolute atomic E-state index is 0.132. The van der Waals surface area contributed by atoms with Crippen molar-refractivity contribution in [2.75, 3.05) is 5.32 Å². The van der Waals surface area contributed by atoms with Crippen molar-refractivity contribution >= 4 is 45.2 Å². The van der Waals surface area contributed by atoms with E-state index in [2.05, 4.69) is 15.4 Å². The lowest BCUT2D eigenvalue weighted by molar-refractivity contribution is 0.0467. The standard InChI is InChI=1S/C24H22N4O4S2/c29-20-13-18(26-24-28(20)27-22(34-24)15-6-2-1-3-7-15)14-32-23(31)16-8-4-9-17(12-16)25-21(30)19-10-5-11-33-19/h4-5,8-13,15H,1-3,6-7,14H2,(H,25,30). The number of benzene rings is 1. The van der Waals surface area contributed by atoms with E-state index < -0.39 is 5.97 Å². The van der Waals surface area contributed by atoms with E-state index in [1.807, 2.05) is 5.38 Å². The van der Waals surface area contributed by atoms with Crippen LogP contribution in [-0.4, -0.2) is 26.5 Å². The second-order valence-corrected chi connectivity index (χ2v) is 10.1. The fourth-order valence-corrected chi connectivity index (χ4v) is 5.72. The normalized spacial score (nSPS) is 14.2. The number of nitrogens with zero attached hydrogens (tertiary/aromatic N) is 3. The molecule has 1 aliphatic rings. The topological polar surface area (TPSA) is 103 Å². The number of hydrogen-bond acceptors (Lipinski definition) is 8. The Kier molecular flexibility index (Phi) is 6.50. The summed E-state index contributed by atoms with van der Waals surface area (Å²) in [6, 6.07) is 11.4. The first kappa shape index (κ1) is 22.4. The predicted molar refractivity (Wildman–Crippen MR) is 131 cm³/mol. The molecule has 5 rings (SSSR count). The van der Waals surface area contributed by atoms with E-state index in [-0.39, 0.29) is 18.1 Å². The van der Waals surface area contributed by atoms with Crippen LogP contribution in [0.5, 0.6) is 0 Å². The molecule has 10 heteroatoms. The first-order chi connectivity index (χ1) is 16.6. The minimum atomic E-state index is -0.568. The van der Waals surface area contributed by atoms with E-state index in [4.69, 9.17) is 4.74 Å². The Balaban J connectivity index is 1.26. The number of anilines is 1. The number of nitrogens with one attached hydrogen (secondary N) is 1. The fourth-order valence-electron chi connectivity index (χ4n) is 4.01. The number of hydrogen-bond donors (Lipinski definition) is 1. The Labute approximate surface area is 203 Å². The van der Waals surface area contributed by atoms with Gasteiger partial charge in [0, 0.05) is 17.7 Å². The smallest absolute Gasteiger partial charge is 0.338 e. The van der Waals surface area contributed by atoms with Crippen molar-refractivity contribution < 1.29 is 14.3 Å². The maximum Gasteiger partial charge on any atom is 0.338 e. The largest absolute Gasteiger partial charge is 0.456 e. The van der Waals surface area contributed by atoms with Gasteiger partial charge in [0.05, 0.1) is 16.1 Å². The Morgan fingerprint density at radius 3 is 2.76 bits per heavy atom. The summed E-state index contributed by atoms with van der Waals surface area (Å²) in [4.78, 5) is 43.0. The van der Waals surface area contributed by atoms with Crippen LogP contribution in [0.1, 0.15) is 68.8 Å². The molecule has 1 amide bonds. The molecule has 1 N–H and O–H groups in total. The summed E-state index contributed by atoms with van der Waals surface area (Å²) in [6.07, 6.45) is 5.79. The van der Waals surface area contributed by atoms with Crippen LogP contribution in [0.4, 0.5) is 5.69 Å². The van der Waals surface area contributed by atoms with Crippen molar-refractivity contribution in [3.05, 3.63) is 79.3 Å². The van der Waals surface area contributed by atoms with Gasteiger partial charge in [0.25, 0.3) is 11.5 Å². The minimum Gasteiger partial charge on any atom is -0.456 e. The lowest BCUT2D eigenvalue weighted by Gasteiger charge is -2.18. The molecule has 0 unspecified atom stereocenters. The number of carbonyl (C=O) groups excluding carboxylic acids is 2. The van der Waals surface area contributed by atoms with Gasteiger partial charge in [-0.1, -0.05) is 42.7 Å². The molecule has 1 aromatic carbocycles. The third-order valence-corrected chi connectivity index (χ3v) is 7.66. The highest BCUT2D eigenvalue weighted by Gasteiger charge is 2.21. The van der Waals surface area contributed by atoms with Gasteiger partial charge in [0.1, 0.15) is 11.6 Å². The number of amides is 1. The summed E-state index contributed by atoms with van der Waals surface area (Å²) in [7, 11) is 0. The van der Waals surface area contributed by atoms with Crippen molar-refractivity contribution in [2.45, 2.75) is 44.6 Å². The highest BCUT2D eigenvalue weighted by molar-refractivity contribution is 7.16. The Morgan fingerprint density at radius 2 is 1.97 bits per heavy atom. The second-order valence-electron chi connectivity index (χ2n) is 8.14. The molecule has 3 aromatic heterocycles. The van der Waals surface area contributed by atoms with Crippen LogP contribution in [-0.2, 0) is 11.3 Å². The summed E-state index contributed by atoms with van der Waals surface area (Å²) in [6.45, 7) is -0.132. The Bertz CT molecular complexity index is 1390. The molecule has 0 spiro atoms. The number of thiophene rings is 1. The summed E-state index contributed by atoms with van der Waals surface area (Å²) in [5.74, 6) is -0.425. The lowest BCUT2D eigenvalue weighted by Crippen LogP contribution is -2.17. The van der Waals surface area contributed by atoms with E-state index in [9.17, 15) is 14.4 Å². The van der Waals surface area contributed by atoms with Gasteiger partial charge < -0.3 is 10.1 Å². The molecule has 3 heterocycles.